The molecule has 0 aliphatic carbocycles. The van der Waals surface area contributed by atoms with E-state index >= 15 is 0 Å². The van der Waals surface area contributed by atoms with Crippen molar-refractivity contribution in [2.45, 2.75) is 19.0 Å². The molecule has 4 heterocycles. The second-order valence-corrected chi connectivity index (χ2v) is 9.14. The lowest BCUT2D eigenvalue weighted by Gasteiger charge is -2.20. The van der Waals surface area contributed by atoms with E-state index in [1.54, 1.807) is 54.0 Å². The van der Waals surface area contributed by atoms with Crippen molar-refractivity contribution in [3.8, 4) is 22.9 Å². The molecule has 1 aliphatic rings. The number of methoxy groups -OCH3 is 2. The molecule has 3 aromatic heterocycles. The average molecular weight is 481 g/mol. The quantitative estimate of drug-likeness (QED) is 0.399. The number of tetrazole rings is 1. The third kappa shape index (κ3) is 4.24. The van der Waals surface area contributed by atoms with Gasteiger partial charge < -0.3 is 9.47 Å². The van der Waals surface area contributed by atoms with Crippen molar-refractivity contribution in [1.82, 2.24) is 25.2 Å². The maximum absolute atomic E-state index is 13.2. The summed E-state index contributed by atoms with van der Waals surface area (Å²) in [7, 11) is 3.14. The summed E-state index contributed by atoms with van der Waals surface area (Å²) in [6.07, 6.45) is 0.675. The van der Waals surface area contributed by atoms with Crippen molar-refractivity contribution in [2.75, 3.05) is 14.2 Å². The van der Waals surface area contributed by atoms with Crippen LogP contribution in [-0.4, -0.2) is 51.1 Å². The van der Waals surface area contributed by atoms with Crippen LogP contribution in [0, 0.1) is 0 Å². The smallest absolute Gasteiger partial charge is 0.266 e. The first kappa shape index (κ1) is 21.3. The van der Waals surface area contributed by atoms with Crippen LogP contribution in [0.1, 0.15) is 22.2 Å². The lowest BCUT2D eigenvalue weighted by molar-refractivity contribution is -0.134. The van der Waals surface area contributed by atoms with Crippen LogP contribution in [-0.2, 0) is 11.3 Å². The van der Waals surface area contributed by atoms with Gasteiger partial charge in [0.2, 0.25) is 5.82 Å². The normalized spacial score (nSPS) is 15.5. The minimum Gasteiger partial charge on any atom is -0.493 e. The van der Waals surface area contributed by atoms with E-state index in [1.807, 2.05) is 41.1 Å². The zero-order chi connectivity index (χ0) is 22.8. The number of hydrogen-bond acceptors (Lipinski definition) is 9. The predicted octanol–water partition coefficient (Wildman–Crippen LogP) is 3.86. The molecule has 9 nitrogen and oxygen atoms in total. The molecule has 0 radical (unpaired) electrons. The van der Waals surface area contributed by atoms with E-state index in [9.17, 15) is 4.79 Å². The van der Waals surface area contributed by atoms with E-state index in [1.165, 1.54) is 4.80 Å². The van der Waals surface area contributed by atoms with Gasteiger partial charge in [-0.3, -0.25) is 4.79 Å². The van der Waals surface area contributed by atoms with Crippen LogP contribution >= 0.6 is 22.7 Å². The summed E-state index contributed by atoms with van der Waals surface area (Å²) >= 11 is 3.24. The van der Waals surface area contributed by atoms with Crippen molar-refractivity contribution < 1.29 is 14.3 Å². The molecule has 1 atom stereocenters. The van der Waals surface area contributed by atoms with Gasteiger partial charge in [0.15, 0.2) is 11.5 Å². The molecule has 0 fully saturated rings. The van der Waals surface area contributed by atoms with Gasteiger partial charge in [-0.2, -0.15) is 9.90 Å². The summed E-state index contributed by atoms with van der Waals surface area (Å²) in [5, 5.41) is 22.8. The van der Waals surface area contributed by atoms with Crippen molar-refractivity contribution in [2.24, 2.45) is 5.10 Å². The Bertz CT molecular complexity index is 1280. The zero-order valence-corrected chi connectivity index (χ0v) is 19.5. The molecule has 33 heavy (non-hydrogen) atoms. The minimum absolute atomic E-state index is 0.0661. The maximum Gasteiger partial charge on any atom is 0.266 e. The number of amides is 1. The van der Waals surface area contributed by atoms with Gasteiger partial charge >= 0.3 is 0 Å². The van der Waals surface area contributed by atoms with Gasteiger partial charge in [-0.05, 0) is 46.3 Å². The Morgan fingerprint density at radius 2 is 1.91 bits per heavy atom. The molecule has 5 rings (SSSR count). The van der Waals surface area contributed by atoms with E-state index < -0.39 is 0 Å². The third-order valence-corrected chi connectivity index (χ3v) is 7.11. The molecule has 0 bridgehead atoms. The highest BCUT2D eigenvalue weighted by Gasteiger charge is 2.34. The SMILES string of the molecule is COc1ccc(-c2nnn(CC(=O)N3N=C(c4cccs4)C[C@@H]3c3cccs3)n2)cc1OC. The molecule has 0 saturated carbocycles. The Morgan fingerprint density at radius 3 is 2.64 bits per heavy atom. The van der Waals surface area contributed by atoms with Crippen LogP contribution in [0.3, 0.4) is 0 Å². The van der Waals surface area contributed by atoms with Crippen molar-refractivity contribution in [3.63, 3.8) is 0 Å². The summed E-state index contributed by atoms with van der Waals surface area (Å²) in [5.41, 5.74) is 1.62. The van der Waals surface area contributed by atoms with Crippen LogP contribution in [0.2, 0.25) is 0 Å². The monoisotopic (exact) mass is 480 g/mol. The van der Waals surface area contributed by atoms with Crippen LogP contribution < -0.4 is 9.47 Å². The highest BCUT2D eigenvalue weighted by Crippen LogP contribution is 2.36. The molecule has 168 valence electrons. The van der Waals surface area contributed by atoms with E-state index in [0.717, 1.165) is 15.5 Å². The van der Waals surface area contributed by atoms with Crippen LogP contribution in [0.15, 0.2) is 58.3 Å². The Balaban J connectivity index is 1.37. The zero-order valence-electron chi connectivity index (χ0n) is 17.9. The van der Waals surface area contributed by atoms with Gasteiger partial charge in [0.1, 0.15) is 6.54 Å². The van der Waals surface area contributed by atoms with Gasteiger partial charge in [-0.15, -0.1) is 32.9 Å². The van der Waals surface area contributed by atoms with Gasteiger partial charge in [0.25, 0.3) is 5.91 Å². The predicted molar refractivity (Wildman–Crippen MR) is 126 cm³/mol. The summed E-state index contributed by atoms with van der Waals surface area (Å²) < 4.78 is 10.6. The van der Waals surface area contributed by atoms with Crippen LogP contribution in [0.4, 0.5) is 0 Å². The Labute approximate surface area is 197 Å². The fourth-order valence-corrected chi connectivity index (χ4v) is 5.16. The van der Waals surface area contributed by atoms with Crippen LogP contribution in [0.5, 0.6) is 11.5 Å². The fourth-order valence-electron chi connectivity index (χ4n) is 3.63. The molecule has 0 unspecified atom stereocenters. The molecule has 1 amide bonds. The van der Waals surface area contributed by atoms with Gasteiger partial charge in [0, 0.05) is 16.9 Å². The maximum atomic E-state index is 13.2. The van der Waals surface area contributed by atoms with E-state index in [2.05, 4.69) is 20.5 Å². The highest BCUT2D eigenvalue weighted by atomic mass is 32.1. The first-order valence-electron chi connectivity index (χ1n) is 10.1. The number of rotatable bonds is 7. The van der Waals surface area contributed by atoms with Crippen molar-refractivity contribution >= 4 is 34.3 Å². The minimum atomic E-state index is -0.198. The molecule has 11 heteroatoms. The highest BCUT2D eigenvalue weighted by molar-refractivity contribution is 7.12. The van der Waals surface area contributed by atoms with Gasteiger partial charge in [0.05, 0.1) is 30.9 Å². The number of aromatic nitrogens is 4. The number of thiophene rings is 2. The number of nitrogens with zero attached hydrogens (tertiary/aromatic N) is 6. The number of hydrazone groups is 1. The topological polar surface area (TPSA) is 94.7 Å². The first-order chi connectivity index (χ1) is 16.2. The molecule has 1 aromatic carbocycles. The Hall–Kier alpha value is -3.57. The lowest BCUT2D eigenvalue weighted by atomic mass is 10.1. The third-order valence-electron chi connectivity index (χ3n) is 5.21. The standard InChI is InChI=1S/C22H20N6O3S2/c1-30-17-8-7-14(11-18(17)31-2)22-23-26-27(25-22)13-21(29)28-16(20-6-4-10-33-20)12-15(24-28)19-5-3-9-32-19/h3-11,16H,12-13H2,1-2H3/t16-/m1/s1. The van der Waals surface area contributed by atoms with Crippen molar-refractivity contribution in [3.05, 3.63) is 63.0 Å². The molecular weight excluding hydrogens is 460 g/mol. The number of hydrogen-bond donors (Lipinski definition) is 0. The number of benzene rings is 1. The summed E-state index contributed by atoms with van der Waals surface area (Å²) in [4.78, 5) is 16.7. The largest absolute Gasteiger partial charge is 0.493 e. The van der Waals surface area contributed by atoms with Gasteiger partial charge in [-0.1, -0.05) is 12.1 Å². The molecule has 1 aliphatic heterocycles. The second kappa shape index (κ2) is 9.12. The lowest BCUT2D eigenvalue weighted by Crippen LogP contribution is -2.30. The average Bonchev–Trinajstić information content (AvgIpc) is 3.63. The number of carbonyl (C=O) groups excluding carboxylic acids is 1. The number of carbonyl (C=O) groups is 1. The van der Waals surface area contributed by atoms with Gasteiger partial charge in [-0.25, -0.2) is 5.01 Å². The summed E-state index contributed by atoms with van der Waals surface area (Å²) in [5.74, 6) is 1.37. The number of ether oxygens (including phenoxy) is 2. The van der Waals surface area contributed by atoms with Crippen LogP contribution in [0.25, 0.3) is 11.4 Å². The molecule has 0 N–H and O–H groups in total. The molecular formula is C22H20N6O3S2. The summed E-state index contributed by atoms with van der Waals surface area (Å²) in [6.45, 7) is -0.0661. The molecule has 0 saturated heterocycles. The van der Waals surface area contributed by atoms with Crippen molar-refractivity contribution in [1.29, 1.82) is 0 Å². The summed E-state index contributed by atoms with van der Waals surface area (Å²) in [6, 6.07) is 13.3. The van der Waals surface area contributed by atoms with E-state index in [4.69, 9.17) is 9.47 Å². The molecule has 0 spiro atoms. The Kier molecular flexibility index (Phi) is 5.88. The fraction of sp³-hybridized carbons (Fsp3) is 0.227. The van der Waals surface area contributed by atoms with E-state index in [-0.39, 0.29) is 18.5 Å². The second-order valence-electron chi connectivity index (χ2n) is 7.21. The molecule has 4 aromatic rings. The Morgan fingerprint density at radius 1 is 1.09 bits per heavy atom. The van der Waals surface area contributed by atoms with E-state index in [0.29, 0.717) is 29.3 Å². The first-order valence-corrected chi connectivity index (χ1v) is 11.9.